The molecule has 0 spiro atoms. The number of halogens is 1. The van der Waals surface area contributed by atoms with Crippen molar-refractivity contribution in [3.63, 3.8) is 0 Å². The van der Waals surface area contributed by atoms with Crippen LogP contribution in [0.4, 0.5) is 9.39 Å². The molecule has 0 saturated carbocycles. The van der Waals surface area contributed by atoms with Gasteiger partial charge in [0.05, 0.1) is 11.3 Å². The van der Waals surface area contributed by atoms with Crippen LogP contribution in [0.1, 0.15) is 22.4 Å². The first-order valence-corrected chi connectivity index (χ1v) is 9.22. The Labute approximate surface area is 156 Å². The van der Waals surface area contributed by atoms with E-state index in [0.717, 1.165) is 38.9 Å². The molecule has 130 valence electrons. The number of hydrogen-bond acceptors (Lipinski definition) is 4. The summed E-state index contributed by atoms with van der Waals surface area (Å²) >= 11 is 1.40. The molecule has 5 heteroatoms. The highest BCUT2D eigenvalue weighted by molar-refractivity contribution is 7.10. The van der Waals surface area contributed by atoms with E-state index in [1.807, 2.05) is 43.3 Å². The summed E-state index contributed by atoms with van der Waals surface area (Å²) in [4.78, 5) is 6.98. The van der Waals surface area contributed by atoms with E-state index >= 15 is 0 Å². The number of aliphatic imine (C=N–C) groups is 1. The molecule has 2 aromatic carbocycles. The monoisotopic (exact) mass is 363 g/mol. The lowest BCUT2D eigenvalue weighted by Crippen LogP contribution is -2.33. The number of aromatic nitrogens is 1. The van der Waals surface area contributed by atoms with Crippen molar-refractivity contribution < 1.29 is 4.39 Å². The number of hydrogen-bond donors (Lipinski definition) is 0. The summed E-state index contributed by atoms with van der Waals surface area (Å²) in [5, 5.41) is 0.897. The van der Waals surface area contributed by atoms with Gasteiger partial charge >= 0.3 is 0 Å². The van der Waals surface area contributed by atoms with Crippen LogP contribution < -0.4 is 0 Å². The highest BCUT2D eigenvalue weighted by Gasteiger charge is 2.27. The number of nitrogens with zero attached hydrogens (tertiary/aromatic N) is 3. The molecule has 0 aliphatic carbocycles. The summed E-state index contributed by atoms with van der Waals surface area (Å²) in [5.74, 6) is 0.653. The topological polar surface area (TPSA) is 28.5 Å². The fourth-order valence-corrected chi connectivity index (χ4v) is 3.97. The lowest BCUT2D eigenvalue weighted by Gasteiger charge is -2.31. The maximum Gasteiger partial charge on any atom is 0.148 e. The Morgan fingerprint density at radius 2 is 1.92 bits per heavy atom. The van der Waals surface area contributed by atoms with Crippen molar-refractivity contribution in [1.82, 2.24) is 9.27 Å². The van der Waals surface area contributed by atoms with Crippen LogP contribution in [-0.4, -0.2) is 21.7 Å². The van der Waals surface area contributed by atoms with Gasteiger partial charge in [-0.25, -0.2) is 9.38 Å². The van der Waals surface area contributed by atoms with Gasteiger partial charge in [-0.3, -0.25) is 0 Å². The maximum atomic E-state index is 13.5. The average molecular weight is 363 g/mol. The molecule has 0 N–H and O–H groups in total. The van der Waals surface area contributed by atoms with Gasteiger partial charge in [-0.1, -0.05) is 49.0 Å². The summed E-state index contributed by atoms with van der Waals surface area (Å²) in [6.07, 6.45) is 0.703. The lowest BCUT2D eigenvalue weighted by atomic mass is 10.1. The second kappa shape index (κ2) is 6.84. The van der Waals surface area contributed by atoms with Gasteiger partial charge in [0.1, 0.15) is 16.7 Å². The van der Waals surface area contributed by atoms with Gasteiger partial charge in [0, 0.05) is 17.8 Å². The Morgan fingerprint density at radius 1 is 1.12 bits per heavy atom. The second-order valence-electron chi connectivity index (χ2n) is 6.23. The van der Waals surface area contributed by atoms with Crippen LogP contribution >= 0.6 is 11.5 Å². The number of benzene rings is 2. The van der Waals surface area contributed by atoms with Crippen LogP contribution in [0.5, 0.6) is 0 Å². The van der Waals surface area contributed by atoms with E-state index in [9.17, 15) is 4.39 Å². The Hall–Kier alpha value is -2.79. The zero-order chi connectivity index (χ0) is 18.1. The van der Waals surface area contributed by atoms with Crippen LogP contribution in [0, 0.1) is 12.7 Å². The molecule has 2 heterocycles. The van der Waals surface area contributed by atoms with Gasteiger partial charge in [0.25, 0.3) is 0 Å². The standard InChI is InChI=1S/C21H18FN3S/c1-14-19-15(2)25(12-11-16-7-6-10-18(22)13-16)20(23-21(19)26-24-14)17-8-4-3-5-9-17/h3-10,13H,2,11-12H2,1H3. The highest BCUT2D eigenvalue weighted by atomic mass is 32.1. The highest BCUT2D eigenvalue weighted by Crippen LogP contribution is 2.39. The molecule has 1 aliphatic rings. The molecule has 0 saturated heterocycles. The molecule has 1 aromatic heterocycles. The van der Waals surface area contributed by atoms with Crippen molar-refractivity contribution in [3.8, 4) is 0 Å². The normalized spacial score (nSPS) is 13.5. The summed E-state index contributed by atoms with van der Waals surface area (Å²) in [7, 11) is 0. The molecule has 0 amide bonds. The van der Waals surface area contributed by atoms with Crippen LogP contribution in [-0.2, 0) is 6.42 Å². The molecular weight excluding hydrogens is 345 g/mol. The Bertz CT molecular complexity index is 992. The number of rotatable bonds is 4. The molecule has 0 unspecified atom stereocenters. The van der Waals surface area contributed by atoms with Gasteiger partial charge in [0.15, 0.2) is 0 Å². The van der Waals surface area contributed by atoms with Crippen LogP contribution in [0.25, 0.3) is 5.70 Å². The van der Waals surface area contributed by atoms with Crippen molar-refractivity contribution in [2.75, 3.05) is 6.54 Å². The predicted molar refractivity (Wildman–Crippen MR) is 105 cm³/mol. The van der Waals surface area contributed by atoms with E-state index in [2.05, 4.69) is 15.9 Å². The number of aryl methyl sites for hydroxylation is 1. The SMILES string of the molecule is C=C1c2c(C)nsc2N=C(c2ccccc2)N1CCc1cccc(F)c1. The predicted octanol–water partition coefficient (Wildman–Crippen LogP) is 5.20. The van der Waals surface area contributed by atoms with Crippen molar-refractivity contribution in [2.24, 2.45) is 4.99 Å². The second-order valence-corrected chi connectivity index (χ2v) is 6.98. The quantitative estimate of drug-likeness (QED) is 0.637. The Morgan fingerprint density at radius 3 is 2.69 bits per heavy atom. The minimum absolute atomic E-state index is 0.211. The van der Waals surface area contributed by atoms with Crippen molar-refractivity contribution in [2.45, 2.75) is 13.3 Å². The molecule has 3 aromatic rings. The summed E-state index contributed by atoms with van der Waals surface area (Å²) in [6, 6.07) is 16.8. The fourth-order valence-electron chi connectivity index (χ4n) is 3.17. The van der Waals surface area contributed by atoms with Gasteiger partial charge in [-0.05, 0) is 42.6 Å². The maximum absolute atomic E-state index is 13.5. The van der Waals surface area contributed by atoms with Gasteiger partial charge in [-0.2, -0.15) is 4.37 Å². The van der Waals surface area contributed by atoms with Crippen molar-refractivity contribution >= 4 is 28.1 Å². The van der Waals surface area contributed by atoms with E-state index in [0.29, 0.717) is 13.0 Å². The van der Waals surface area contributed by atoms with Crippen LogP contribution in [0.2, 0.25) is 0 Å². The molecule has 0 radical (unpaired) electrons. The van der Waals surface area contributed by atoms with Crippen molar-refractivity contribution in [3.05, 3.63) is 89.4 Å². The third-order valence-electron chi connectivity index (χ3n) is 4.47. The van der Waals surface area contributed by atoms with Crippen LogP contribution in [0.3, 0.4) is 0 Å². The third kappa shape index (κ3) is 3.06. The zero-order valence-corrected chi connectivity index (χ0v) is 15.3. The minimum atomic E-state index is -0.211. The molecule has 0 fully saturated rings. The van der Waals surface area contributed by atoms with Crippen molar-refractivity contribution in [1.29, 1.82) is 0 Å². The molecular formula is C21H18FN3S. The van der Waals surface area contributed by atoms with E-state index < -0.39 is 0 Å². The number of fused-ring (bicyclic) bond motifs is 1. The van der Waals surface area contributed by atoms with Gasteiger partial charge < -0.3 is 4.90 Å². The van der Waals surface area contributed by atoms with E-state index in [-0.39, 0.29) is 5.82 Å². The first-order valence-electron chi connectivity index (χ1n) is 8.45. The average Bonchev–Trinajstić information content (AvgIpc) is 3.03. The fraction of sp³-hybridized carbons (Fsp3) is 0.143. The van der Waals surface area contributed by atoms with E-state index in [1.54, 1.807) is 12.1 Å². The minimum Gasteiger partial charge on any atom is -0.325 e. The molecule has 1 aliphatic heterocycles. The summed E-state index contributed by atoms with van der Waals surface area (Å²) in [6.45, 7) is 6.97. The molecule has 26 heavy (non-hydrogen) atoms. The Balaban J connectivity index is 1.70. The lowest BCUT2D eigenvalue weighted by molar-refractivity contribution is 0.574. The van der Waals surface area contributed by atoms with E-state index in [4.69, 9.17) is 4.99 Å². The molecule has 0 atom stereocenters. The Kier molecular flexibility index (Phi) is 4.39. The zero-order valence-electron chi connectivity index (χ0n) is 14.4. The van der Waals surface area contributed by atoms with E-state index in [1.165, 1.54) is 17.6 Å². The van der Waals surface area contributed by atoms with Gasteiger partial charge in [0.2, 0.25) is 0 Å². The first-order chi connectivity index (χ1) is 12.6. The smallest absolute Gasteiger partial charge is 0.148 e. The number of amidine groups is 1. The molecule has 0 bridgehead atoms. The molecule has 4 rings (SSSR count). The molecule has 3 nitrogen and oxygen atoms in total. The largest absolute Gasteiger partial charge is 0.325 e. The summed E-state index contributed by atoms with van der Waals surface area (Å²) in [5.41, 5.74) is 4.84. The van der Waals surface area contributed by atoms with Gasteiger partial charge in [-0.15, -0.1) is 0 Å². The third-order valence-corrected chi connectivity index (χ3v) is 5.30. The first kappa shape index (κ1) is 16.7. The van der Waals surface area contributed by atoms with Crippen LogP contribution in [0.15, 0.2) is 66.2 Å². The summed E-state index contributed by atoms with van der Waals surface area (Å²) < 4.78 is 17.9.